The molecule has 1 rings (SSSR count). The van der Waals surface area contributed by atoms with Gasteiger partial charge < -0.3 is 10.1 Å². The number of aryl methyl sites for hydroxylation is 1. The van der Waals surface area contributed by atoms with Crippen molar-refractivity contribution in [2.24, 2.45) is 0 Å². The van der Waals surface area contributed by atoms with Gasteiger partial charge in [0.25, 0.3) is 5.91 Å². The van der Waals surface area contributed by atoms with Crippen LogP contribution in [0.15, 0.2) is 22.7 Å². The zero-order valence-electron chi connectivity index (χ0n) is 10.5. The smallest absolute Gasteiger partial charge is 0.307 e. The number of hydrogen-bond donors (Lipinski definition) is 1. The van der Waals surface area contributed by atoms with E-state index >= 15 is 0 Å². The molecule has 0 atom stereocenters. The van der Waals surface area contributed by atoms with Gasteiger partial charge in [-0.15, -0.1) is 0 Å². The molecule has 0 spiro atoms. The lowest BCUT2D eigenvalue weighted by molar-refractivity contribution is -0.142. The van der Waals surface area contributed by atoms with Crippen LogP contribution in [0, 0.1) is 6.92 Å². The summed E-state index contributed by atoms with van der Waals surface area (Å²) in [5.41, 5.74) is 1.57. The molecule has 0 heterocycles. The molecule has 1 amide bonds. The minimum atomic E-state index is -0.303. The molecule has 0 bridgehead atoms. The van der Waals surface area contributed by atoms with E-state index in [1.807, 2.05) is 13.0 Å². The summed E-state index contributed by atoms with van der Waals surface area (Å²) < 4.78 is 5.63. The monoisotopic (exact) mass is 313 g/mol. The molecule has 0 fully saturated rings. The second kappa shape index (κ2) is 7.16. The molecule has 1 N–H and O–H groups in total. The molecule has 1 aromatic carbocycles. The van der Waals surface area contributed by atoms with Gasteiger partial charge in [0.1, 0.15) is 0 Å². The van der Waals surface area contributed by atoms with Gasteiger partial charge in [-0.3, -0.25) is 9.59 Å². The van der Waals surface area contributed by atoms with Crippen LogP contribution in [0.2, 0.25) is 0 Å². The molecule has 1 aromatic rings. The van der Waals surface area contributed by atoms with Crippen molar-refractivity contribution >= 4 is 27.8 Å². The van der Waals surface area contributed by atoms with E-state index in [0.29, 0.717) is 12.2 Å². The van der Waals surface area contributed by atoms with Crippen LogP contribution in [0.1, 0.15) is 29.3 Å². The number of amides is 1. The summed E-state index contributed by atoms with van der Waals surface area (Å²) >= 11 is 3.34. The van der Waals surface area contributed by atoms with Gasteiger partial charge in [0.2, 0.25) is 0 Å². The maximum atomic E-state index is 11.8. The number of rotatable bonds is 5. The number of hydrogen-bond acceptors (Lipinski definition) is 3. The van der Waals surface area contributed by atoms with Crippen LogP contribution in [0.5, 0.6) is 0 Å². The Bertz CT molecular complexity index is 426. The lowest BCUT2D eigenvalue weighted by atomic mass is 10.1. The highest BCUT2D eigenvalue weighted by Gasteiger charge is 2.08. The summed E-state index contributed by atoms with van der Waals surface area (Å²) in [6, 6.07) is 5.46. The van der Waals surface area contributed by atoms with E-state index in [9.17, 15) is 9.59 Å². The Kier molecular flexibility index (Phi) is 5.85. The van der Waals surface area contributed by atoms with Gasteiger partial charge in [0.05, 0.1) is 13.0 Å². The molecule has 0 radical (unpaired) electrons. The normalized spacial score (nSPS) is 9.94. The molecule has 5 heteroatoms. The maximum absolute atomic E-state index is 11.8. The number of benzene rings is 1. The fraction of sp³-hybridized carbons (Fsp3) is 0.385. The van der Waals surface area contributed by atoms with Crippen LogP contribution in [-0.4, -0.2) is 25.0 Å². The lowest BCUT2D eigenvalue weighted by Gasteiger charge is -2.06. The third-order valence-corrected chi connectivity index (χ3v) is 2.68. The van der Waals surface area contributed by atoms with Crippen molar-refractivity contribution in [3.63, 3.8) is 0 Å². The Morgan fingerprint density at radius 1 is 1.33 bits per heavy atom. The Hall–Kier alpha value is -1.36. The minimum Gasteiger partial charge on any atom is -0.466 e. The third kappa shape index (κ3) is 4.87. The van der Waals surface area contributed by atoms with Crippen molar-refractivity contribution < 1.29 is 14.3 Å². The zero-order valence-corrected chi connectivity index (χ0v) is 12.0. The number of carbonyl (C=O) groups is 2. The van der Waals surface area contributed by atoms with Crippen LogP contribution < -0.4 is 5.32 Å². The molecular weight excluding hydrogens is 298 g/mol. The quantitative estimate of drug-likeness (QED) is 0.849. The molecule has 0 aliphatic heterocycles. The average Bonchev–Trinajstić information content (AvgIpc) is 2.27. The standard InChI is InChI=1S/C13H16BrNO3/c1-3-18-12(16)4-5-15-13(17)10-6-9(2)7-11(14)8-10/h6-8H,3-5H2,1-2H3,(H,15,17). The predicted octanol–water partition coefficient (Wildman–Crippen LogP) is 2.44. The first-order valence-corrected chi connectivity index (χ1v) is 6.53. The summed E-state index contributed by atoms with van der Waals surface area (Å²) in [5, 5.41) is 2.68. The zero-order chi connectivity index (χ0) is 13.5. The second-order valence-corrected chi connectivity index (χ2v) is 4.74. The molecule has 0 unspecified atom stereocenters. The van der Waals surface area contributed by atoms with Crippen LogP contribution >= 0.6 is 15.9 Å². The summed E-state index contributed by atoms with van der Waals surface area (Å²) in [5.74, 6) is -0.494. The highest BCUT2D eigenvalue weighted by molar-refractivity contribution is 9.10. The highest BCUT2D eigenvalue weighted by Crippen LogP contribution is 2.15. The first kappa shape index (κ1) is 14.7. The second-order valence-electron chi connectivity index (χ2n) is 3.83. The third-order valence-electron chi connectivity index (χ3n) is 2.22. The van der Waals surface area contributed by atoms with Gasteiger partial charge >= 0.3 is 5.97 Å². The minimum absolute atomic E-state index is 0.187. The fourth-order valence-corrected chi connectivity index (χ4v) is 2.09. The average molecular weight is 314 g/mol. The Morgan fingerprint density at radius 2 is 2.06 bits per heavy atom. The van der Waals surface area contributed by atoms with Crippen molar-refractivity contribution in [1.82, 2.24) is 5.32 Å². The number of carbonyl (C=O) groups excluding carboxylic acids is 2. The van der Waals surface area contributed by atoms with Crippen molar-refractivity contribution in [2.75, 3.05) is 13.2 Å². The summed E-state index contributed by atoms with van der Waals surface area (Å²) in [7, 11) is 0. The van der Waals surface area contributed by atoms with Crippen LogP contribution in [0.25, 0.3) is 0 Å². The van der Waals surface area contributed by atoms with Gasteiger partial charge in [-0.05, 0) is 37.6 Å². The lowest BCUT2D eigenvalue weighted by Crippen LogP contribution is -2.26. The summed E-state index contributed by atoms with van der Waals surface area (Å²) in [4.78, 5) is 22.9. The molecule has 4 nitrogen and oxygen atoms in total. The van der Waals surface area contributed by atoms with Crippen molar-refractivity contribution in [3.8, 4) is 0 Å². The molecular formula is C13H16BrNO3. The highest BCUT2D eigenvalue weighted by atomic mass is 79.9. The fourth-order valence-electron chi connectivity index (χ4n) is 1.48. The summed E-state index contributed by atoms with van der Waals surface area (Å²) in [6.07, 6.45) is 0.187. The summed E-state index contributed by atoms with van der Waals surface area (Å²) in [6.45, 7) is 4.31. The molecule has 0 saturated carbocycles. The molecule has 0 aliphatic carbocycles. The van der Waals surface area contributed by atoms with Crippen molar-refractivity contribution in [3.05, 3.63) is 33.8 Å². The van der Waals surface area contributed by atoms with E-state index in [0.717, 1.165) is 10.0 Å². The van der Waals surface area contributed by atoms with E-state index < -0.39 is 0 Å². The van der Waals surface area contributed by atoms with Crippen molar-refractivity contribution in [1.29, 1.82) is 0 Å². The van der Waals surface area contributed by atoms with Gasteiger partial charge in [0.15, 0.2) is 0 Å². The predicted molar refractivity (Wildman–Crippen MR) is 72.5 cm³/mol. The van der Waals surface area contributed by atoms with E-state index in [1.54, 1.807) is 19.1 Å². The Balaban J connectivity index is 2.48. The molecule has 0 aliphatic rings. The van der Waals surface area contributed by atoms with E-state index in [2.05, 4.69) is 21.2 Å². The molecule has 0 aromatic heterocycles. The van der Waals surface area contributed by atoms with Crippen LogP contribution in [0.3, 0.4) is 0 Å². The molecule has 18 heavy (non-hydrogen) atoms. The van der Waals surface area contributed by atoms with Crippen LogP contribution in [-0.2, 0) is 9.53 Å². The van der Waals surface area contributed by atoms with Gasteiger partial charge in [-0.25, -0.2) is 0 Å². The topological polar surface area (TPSA) is 55.4 Å². The Morgan fingerprint density at radius 3 is 2.67 bits per heavy atom. The first-order valence-electron chi connectivity index (χ1n) is 5.74. The number of halogens is 1. The number of esters is 1. The van der Waals surface area contributed by atoms with Gasteiger partial charge in [-0.2, -0.15) is 0 Å². The SMILES string of the molecule is CCOC(=O)CCNC(=O)c1cc(C)cc(Br)c1. The first-order chi connectivity index (χ1) is 8.52. The Labute approximate surface area is 115 Å². The van der Waals surface area contributed by atoms with E-state index in [4.69, 9.17) is 4.74 Å². The number of nitrogens with one attached hydrogen (secondary N) is 1. The van der Waals surface area contributed by atoms with E-state index in [1.165, 1.54) is 0 Å². The van der Waals surface area contributed by atoms with E-state index in [-0.39, 0.29) is 24.8 Å². The maximum Gasteiger partial charge on any atom is 0.307 e. The van der Waals surface area contributed by atoms with Gasteiger partial charge in [-0.1, -0.05) is 15.9 Å². The largest absolute Gasteiger partial charge is 0.466 e. The number of ether oxygens (including phenoxy) is 1. The molecule has 0 saturated heterocycles. The van der Waals surface area contributed by atoms with Gasteiger partial charge in [0, 0.05) is 16.6 Å². The molecule has 98 valence electrons. The van der Waals surface area contributed by atoms with Crippen LogP contribution in [0.4, 0.5) is 0 Å². The van der Waals surface area contributed by atoms with Crippen molar-refractivity contribution in [2.45, 2.75) is 20.3 Å².